The second-order valence-electron chi connectivity index (χ2n) is 17.2. The summed E-state index contributed by atoms with van der Waals surface area (Å²) in [5.74, 6) is 1.80. The zero-order chi connectivity index (χ0) is 45.0. The summed E-state index contributed by atoms with van der Waals surface area (Å²) in [5, 5.41) is 4.36. The number of furan rings is 1. The molecule has 13 aromatic rings. The topological polar surface area (TPSA) is 56.7 Å². The molecule has 0 saturated carbocycles. The van der Waals surface area contributed by atoms with Gasteiger partial charge in [-0.3, -0.25) is 0 Å². The van der Waals surface area contributed by atoms with Crippen LogP contribution in [0.4, 0.5) is 0 Å². The van der Waals surface area contributed by atoms with Crippen LogP contribution < -0.4 is 0 Å². The number of fused-ring (bicyclic) bond motifs is 6. The van der Waals surface area contributed by atoms with Gasteiger partial charge in [-0.1, -0.05) is 188 Å². The maximum Gasteiger partial charge on any atom is 0.164 e. The number of benzene rings is 10. The molecule has 13 rings (SSSR count). The Kier molecular flexibility index (Phi) is 9.43. The number of hydrogen-bond acceptors (Lipinski definition) is 4. The molecule has 0 aliphatic heterocycles. The molecule has 0 unspecified atom stereocenters. The van der Waals surface area contributed by atoms with E-state index in [4.69, 9.17) is 19.4 Å². The maximum atomic E-state index is 6.70. The summed E-state index contributed by atoms with van der Waals surface area (Å²) in [6.07, 6.45) is 0. The summed E-state index contributed by atoms with van der Waals surface area (Å²) in [7, 11) is 0. The molecule has 0 bridgehead atoms. The van der Waals surface area contributed by atoms with Crippen LogP contribution in [0.25, 0.3) is 128 Å². The highest BCUT2D eigenvalue weighted by atomic mass is 16.3. The molecule has 10 aromatic carbocycles. The van der Waals surface area contributed by atoms with Crippen LogP contribution in [0.3, 0.4) is 0 Å². The Morgan fingerprint density at radius 3 is 1.34 bits per heavy atom. The van der Waals surface area contributed by atoms with E-state index in [1.165, 1.54) is 22.1 Å². The summed E-state index contributed by atoms with van der Waals surface area (Å²) in [5.41, 5.74) is 16.9. The minimum absolute atomic E-state index is 0.589. The molecule has 0 N–H and O–H groups in total. The van der Waals surface area contributed by atoms with Gasteiger partial charge < -0.3 is 8.98 Å². The van der Waals surface area contributed by atoms with E-state index in [-0.39, 0.29) is 0 Å². The van der Waals surface area contributed by atoms with E-state index in [1.54, 1.807) is 0 Å². The van der Waals surface area contributed by atoms with Gasteiger partial charge in [0, 0.05) is 50.0 Å². The Hall–Kier alpha value is -9.19. The highest BCUT2D eigenvalue weighted by molar-refractivity contribution is 6.17. The van der Waals surface area contributed by atoms with E-state index < -0.39 is 0 Å². The van der Waals surface area contributed by atoms with Gasteiger partial charge in [0.2, 0.25) is 0 Å². The molecule has 5 heteroatoms. The first-order chi connectivity index (χ1) is 33.7. The predicted octanol–water partition coefficient (Wildman–Crippen LogP) is 16.5. The molecule has 0 atom stereocenters. The fourth-order valence-corrected chi connectivity index (χ4v) is 9.64. The molecule has 5 nitrogen and oxygen atoms in total. The van der Waals surface area contributed by atoms with Gasteiger partial charge in [0.1, 0.15) is 11.2 Å². The van der Waals surface area contributed by atoms with Crippen molar-refractivity contribution in [3.8, 4) is 84.4 Å². The Morgan fingerprint density at radius 1 is 0.250 bits per heavy atom. The minimum atomic E-state index is 0.589. The third-order valence-electron chi connectivity index (χ3n) is 13.1. The van der Waals surface area contributed by atoms with Crippen molar-refractivity contribution in [1.29, 1.82) is 0 Å². The van der Waals surface area contributed by atoms with Crippen molar-refractivity contribution in [2.24, 2.45) is 0 Å². The molecule has 0 spiro atoms. The normalized spacial score (nSPS) is 11.5. The molecule has 0 amide bonds. The molecule has 0 saturated heterocycles. The summed E-state index contributed by atoms with van der Waals surface area (Å²) in [6, 6.07) is 85.3. The van der Waals surface area contributed by atoms with E-state index in [0.717, 1.165) is 88.6 Å². The molecule has 0 aliphatic carbocycles. The molecular formula is C63H40N4O. The summed E-state index contributed by atoms with van der Waals surface area (Å²) in [4.78, 5) is 15.5. The van der Waals surface area contributed by atoms with E-state index >= 15 is 0 Å². The van der Waals surface area contributed by atoms with Gasteiger partial charge in [-0.25, -0.2) is 15.0 Å². The van der Waals surface area contributed by atoms with Crippen LogP contribution in [0.2, 0.25) is 0 Å². The molecule has 3 heterocycles. The lowest BCUT2D eigenvalue weighted by Gasteiger charge is -2.11. The predicted molar refractivity (Wildman–Crippen MR) is 279 cm³/mol. The molecule has 0 radical (unpaired) electrons. The van der Waals surface area contributed by atoms with Gasteiger partial charge in [0.25, 0.3) is 0 Å². The van der Waals surface area contributed by atoms with Crippen LogP contribution in [0.5, 0.6) is 0 Å². The van der Waals surface area contributed by atoms with Crippen LogP contribution in [0.15, 0.2) is 247 Å². The van der Waals surface area contributed by atoms with Crippen LogP contribution in [-0.2, 0) is 0 Å². The third-order valence-corrected chi connectivity index (χ3v) is 13.1. The minimum Gasteiger partial charge on any atom is -0.456 e. The van der Waals surface area contributed by atoms with Crippen LogP contribution >= 0.6 is 0 Å². The highest BCUT2D eigenvalue weighted by Gasteiger charge is 2.19. The summed E-state index contributed by atoms with van der Waals surface area (Å²) in [6.45, 7) is 0. The zero-order valence-electron chi connectivity index (χ0n) is 36.8. The Labute approximate surface area is 392 Å². The van der Waals surface area contributed by atoms with Crippen molar-refractivity contribution in [2.45, 2.75) is 0 Å². The number of nitrogens with zero attached hydrogens (tertiary/aromatic N) is 4. The van der Waals surface area contributed by atoms with Crippen molar-refractivity contribution in [3.63, 3.8) is 0 Å². The SMILES string of the molecule is c1ccc(-c2ccc(-c3cccc(-n4c5ccccc5c5cc6c(cc54)oc4ccc(-c5nc(-c7ccc(-c8ccccc8)cc7)nc(-c7cccc(-c8ccccc8)c7)n5)cc46)c3)cc2)cc1. The van der Waals surface area contributed by atoms with Crippen molar-refractivity contribution >= 4 is 43.7 Å². The van der Waals surface area contributed by atoms with Gasteiger partial charge in [0.05, 0.1) is 11.0 Å². The highest BCUT2D eigenvalue weighted by Crippen LogP contribution is 2.40. The summed E-state index contributed by atoms with van der Waals surface area (Å²) >= 11 is 0. The van der Waals surface area contributed by atoms with E-state index in [2.05, 4.69) is 229 Å². The van der Waals surface area contributed by atoms with Crippen molar-refractivity contribution < 1.29 is 4.42 Å². The van der Waals surface area contributed by atoms with Crippen molar-refractivity contribution in [3.05, 3.63) is 243 Å². The largest absolute Gasteiger partial charge is 0.456 e. The number of rotatable bonds is 8. The molecule has 318 valence electrons. The fraction of sp³-hybridized carbons (Fsp3) is 0. The fourth-order valence-electron chi connectivity index (χ4n) is 9.64. The Morgan fingerprint density at radius 2 is 0.691 bits per heavy atom. The molecule has 3 aromatic heterocycles. The number of para-hydroxylation sites is 1. The summed E-state index contributed by atoms with van der Waals surface area (Å²) < 4.78 is 9.06. The van der Waals surface area contributed by atoms with E-state index in [9.17, 15) is 0 Å². The quantitative estimate of drug-likeness (QED) is 0.153. The van der Waals surface area contributed by atoms with Gasteiger partial charge in [0.15, 0.2) is 17.5 Å². The second kappa shape index (κ2) is 16.4. The molecule has 0 aliphatic rings. The maximum absolute atomic E-state index is 6.70. The number of aromatic nitrogens is 4. The van der Waals surface area contributed by atoms with Crippen molar-refractivity contribution in [1.82, 2.24) is 19.5 Å². The first kappa shape index (κ1) is 39.2. The van der Waals surface area contributed by atoms with Gasteiger partial charge in [-0.15, -0.1) is 0 Å². The first-order valence-electron chi connectivity index (χ1n) is 22.9. The Balaban J connectivity index is 0.924. The standard InChI is InChI=1S/C63H40N4O/c1-4-14-41(15-5-1)44-26-28-46(29-27-44)49-21-13-23-52(37-49)67-57-25-11-10-24-53(57)54-39-56-55-38-51(34-35-59(55)68-60(56)40-58(54)67)63-65-61(47-32-30-45(31-33-47)42-16-6-2-7-17-42)64-62(66-63)50-22-12-20-48(36-50)43-18-8-3-9-19-43/h1-40H. The third kappa shape index (κ3) is 7.02. The lowest BCUT2D eigenvalue weighted by molar-refractivity contribution is 0.669. The van der Waals surface area contributed by atoms with Crippen LogP contribution in [0.1, 0.15) is 0 Å². The van der Waals surface area contributed by atoms with Crippen LogP contribution in [0, 0.1) is 0 Å². The van der Waals surface area contributed by atoms with E-state index in [0.29, 0.717) is 17.5 Å². The van der Waals surface area contributed by atoms with Gasteiger partial charge in [-0.05, 0) is 93.0 Å². The van der Waals surface area contributed by atoms with Gasteiger partial charge >= 0.3 is 0 Å². The Bertz CT molecular complexity index is 3990. The number of hydrogen-bond donors (Lipinski definition) is 0. The first-order valence-corrected chi connectivity index (χ1v) is 22.9. The molecule has 0 fully saturated rings. The second-order valence-corrected chi connectivity index (χ2v) is 17.2. The average Bonchev–Trinajstić information content (AvgIpc) is 3.95. The monoisotopic (exact) mass is 868 g/mol. The van der Waals surface area contributed by atoms with Gasteiger partial charge in [-0.2, -0.15) is 0 Å². The van der Waals surface area contributed by atoms with Crippen LogP contribution in [-0.4, -0.2) is 19.5 Å². The molecule has 68 heavy (non-hydrogen) atoms. The smallest absolute Gasteiger partial charge is 0.164 e. The zero-order valence-corrected chi connectivity index (χ0v) is 36.8. The lowest BCUT2D eigenvalue weighted by Crippen LogP contribution is -2.00. The van der Waals surface area contributed by atoms with Crippen molar-refractivity contribution in [2.75, 3.05) is 0 Å². The molecular weight excluding hydrogens is 829 g/mol. The lowest BCUT2D eigenvalue weighted by atomic mass is 10.00. The average molecular weight is 869 g/mol. The van der Waals surface area contributed by atoms with E-state index in [1.807, 2.05) is 18.2 Å².